The second kappa shape index (κ2) is 10.1. The van der Waals surface area contributed by atoms with Crippen molar-refractivity contribution in [1.29, 1.82) is 5.26 Å². The summed E-state index contributed by atoms with van der Waals surface area (Å²) < 4.78 is 3.87. The number of carbonyl (C=O) groups is 1. The van der Waals surface area contributed by atoms with E-state index in [9.17, 15) is 4.79 Å². The summed E-state index contributed by atoms with van der Waals surface area (Å²) >= 11 is 2.62. The van der Waals surface area contributed by atoms with Crippen LogP contribution in [0.1, 0.15) is 51.3 Å². The normalized spacial score (nSPS) is 16.5. The smallest absolute Gasteiger partial charge is 0.271 e. The third-order valence-electron chi connectivity index (χ3n) is 5.16. The van der Waals surface area contributed by atoms with Gasteiger partial charge in [-0.2, -0.15) is 5.26 Å². The molecule has 0 aromatic carbocycles. The van der Waals surface area contributed by atoms with Gasteiger partial charge < -0.3 is 10.6 Å². The second-order valence-corrected chi connectivity index (χ2v) is 9.31. The van der Waals surface area contributed by atoms with Crippen LogP contribution in [0, 0.1) is 25.2 Å². The van der Waals surface area contributed by atoms with Crippen molar-refractivity contribution in [2.24, 2.45) is 0 Å². The fraction of sp³-hybridized carbons (Fsp3) is 0.450. The van der Waals surface area contributed by atoms with Crippen LogP contribution >= 0.6 is 22.9 Å². The van der Waals surface area contributed by atoms with Crippen molar-refractivity contribution in [3.63, 3.8) is 0 Å². The van der Waals surface area contributed by atoms with E-state index >= 15 is 0 Å². The van der Waals surface area contributed by atoms with Crippen molar-refractivity contribution in [2.45, 2.75) is 39.2 Å². The van der Waals surface area contributed by atoms with Gasteiger partial charge in [-0.1, -0.05) is 4.49 Å². The first-order valence-corrected chi connectivity index (χ1v) is 11.9. The quantitative estimate of drug-likeness (QED) is 0.501. The Bertz CT molecular complexity index is 1140. The largest absolute Gasteiger partial charge is 0.346 e. The van der Waals surface area contributed by atoms with Crippen LogP contribution in [-0.4, -0.2) is 55.0 Å². The molecule has 1 fully saturated rings. The van der Waals surface area contributed by atoms with Gasteiger partial charge in [0.05, 0.1) is 29.7 Å². The zero-order valence-electron chi connectivity index (χ0n) is 17.8. The van der Waals surface area contributed by atoms with Gasteiger partial charge in [0, 0.05) is 29.6 Å². The van der Waals surface area contributed by atoms with Crippen molar-refractivity contribution in [3.8, 4) is 6.07 Å². The van der Waals surface area contributed by atoms with Crippen LogP contribution in [-0.2, 0) is 6.54 Å². The van der Waals surface area contributed by atoms with Crippen molar-refractivity contribution >= 4 is 39.7 Å². The minimum Gasteiger partial charge on any atom is -0.346 e. The van der Waals surface area contributed by atoms with Gasteiger partial charge in [-0.25, -0.2) is 15.0 Å². The van der Waals surface area contributed by atoms with Gasteiger partial charge in [0.25, 0.3) is 5.91 Å². The lowest BCUT2D eigenvalue weighted by atomic mass is 9.97. The van der Waals surface area contributed by atoms with E-state index < -0.39 is 0 Å². The van der Waals surface area contributed by atoms with Crippen LogP contribution in [0.25, 0.3) is 0 Å². The lowest BCUT2D eigenvalue weighted by Crippen LogP contribution is -2.35. The summed E-state index contributed by atoms with van der Waals surface area (Å²) in [6.07, 6.45) is 2.02. The average Bonchev–Trinajstić information content (AvgIpc) is 3.41. The molecule has 0 saturated carbocycles. The molecule has 3 aromatic rings. The van der Waals surface area contributed by atoms with Crippen LogP contribution in [0.15, 0.2) is 11.4 Å². The van der Waals surface area contributed by atoms with Crippen LogP contribution < -0.4 is 10.6 Å². The number of hydrogen-bond acceptors (Lipinski definition) is 11. The number of nitriles is 1. The fourth-order valence-electron chi connectivity index (χ4n) is 3.56. The van der Waals surface area contributed by atoms with Crippen molar-refractivity contribution < 1.29 is 4.79 Å². The van der Waals surface area contributed by atoms with Gasteiger partial charge in [0.2, 0.25) is 0 Å². The third kappa shape index (κ3) is 5.42. The highest BCUT2D eigenvalue weighted by Gasteiger charge is 2.24. The van der Waals surface area contributed by atoms with Crippen LogP contribution in [0.4, 0.5) is 10.9 Å². The number of rotatable bonds is 7. The molecule has 2 N–H and O–H groups in total. The Morgan fingerprint density at radius 2 is 2.22 bits per heavy atom. The molecule has 0 bridgehead atoms. The number of aryl methyl sites for hydroxylation is 2. The zero-order chi connectivity index (χ0) is 22.5. The van der Waals surface area contributed by atoms with E-state index in [4.69, 9.17) is 10.2 Å². The Morgan fingerprint density at radius 3 is 3.00 bits per heavy atom. The van der Waals surface area contributed by atoms with Crippen LogP contribution in [0.5, 0.6) is 0 Å². The molecule has 12 heteroatoms. The first kappa shape index (κ1) is 22.2. The number of anilines is 2. The standard InChI is InChI=1S/C20H23N9OS2/c1-12-8-17(25-18(23-12)14-4-3-6-29(10-14)7-5-21)26-20-24-15(11-31-20)19(30)22-9-16-13(2)27-28-32-16/h8,11,14H,3-4,6-7,9-10H2,1-2H3,(H,22,30)(H,23,24,25,26)/t14-/m0/s1. The minimum atomic E-state index is -0.249. The number of carbonyl (C=O) groups excluding carboxylic acids is 1. The first-order valence-electron chi connectivity index (χ1n) is 10.3. The highest BCUT2D eigenvalue weighted by atomic mass is 32.1. The Kier molecular flexibility index (Phi) is 6.99. The number of thiazole rings is 1. The fourth-order valence-corrected chi connectivity index (χ4v) is 4.83. The molecule has 0 aliphatic carbocycles. The van der Waals surface area contributed by atoms with Gasteiger partial charge >= 0.3 is 0 Å². The summed E-state index contributed by atoms with van der Waals surface area (Å²) in [6.45, 7) is 6.32. The molecule has 1 aliphatic rings. The Labute approximate surface area is 193 Å². The van der Waals surface area contributed by atoms with E-state index in [1.807, 2.05) is 19.9 Å². The number of piperidine rings is 1. The van der Waals surface area contributed by atoms with Crippen LogP contribution in [0.2, 0.25) is 0 Å². The summed E-state index contributed by atoms with van der Waals surface area (Å²) in [7, 11) is 0. The molecular formula is C20H23N9OS2. The molecule has 166 valence electrons. The monoisotopic (exact) mass is 469 g/mol. The summed E-state index contributed by atoms with van der Waals surface area (Å²) in [5.41, 5.74) is 2.02. The van der Waals surface area contributed by atoms with Crippen molar-refractivity contribution in [2.75, 3.05) is 25.0 Å². The Morgan fingerprint density at radius 1 is 1.34 bits per heavy atom. The number of likely N-dealkylation sites (tertiary alicyclic amines) is 1. The molecule has 1 saturated heterocycles. The molecule has 1 amide bonds. The second-order valence-electron chi connectivity index (χ2n) is 7.61. The minimum absolute atomic E-state index is 0.194. The molecule has 4 heterocycles. The molecule has 4 rings (SSSR count). The van der Waals surface area contributed by atoms with E-state index in [0.29, 0.717) is 29.7 Å². The molecule has 1 atom stereocenters. The van der Waals surface area contributed by atoms with E-state index in [0.717, 1.165) is 48.0 Å². The molecule has 1 aliphatic heterocycles. The van der Waals surface area contributed by atoms with Gasteiger partial charge in [-0.3, -0.25) is 9.69 Å². The molecule has 3 aromatic heterocycles. The van der Waals surface area contributed by atoms with E-state index in [1.54, 1.807) is 5.38 Å². The molecule has 0 unspecified atom stereocenters. The topological polar surface area (TPSA) is 133 Å². The number of nitrogens with one attached hydrogen (secondary N) is 2. The Hall–Kier alpha value is -3.01. The van der Waals surface area contributed by atoms with Gasteiger partial charge in [0.15, 0.2) is 5.13 Å². The van der Waals surface area contributed by atoms with Gasteiger partial charge in [0.1, 0.15) is 17.3 Å². The zero-order valence-corrected chi connectivity index (χ0v) is 19.5. The first-order chi connectivity index (χ1) is 15.5. The maximum absolute atomic E-state index is 12.4. The lowest BCUT2D eigenvalue weighted by Gasteiger charge is -2.30. The molecule has 0 radical (unpaired) electrons. The SMILES string of the molecule is Cc1cc(Nc2nc(C(=O)NCc3snnc3C)cs2)nc([C@H]2CCCN(CC#N)C2)n1. The average molecular weight is 470 g/mol. The summed E-state index contributed by atoms with van der Waals surface area (Å²) in [5.74, 6) is 1.37. The number of aromatic nitrogens is 5. The third-order valence-corrected chi connectivity index (χ3v) is 6.74. The molecule has 10 nitrogen and oxygen atoms in total. The number of hydrogen-bond donors (Lipinski definition) is 2. The van der Waals surface area contributed by atoms with Crippen molar-refractivity contribution in [3.05, 3.63) is 39.2 Å². The summed E-state index contributed by atoms with van der Waals surface area (Å²) in [6, 6.07) is 4.08. The summed E-state index contributed by atoms with van der Waals surface area (Å²) in [4.78, 5) is 29.2. The predicted octanol–water partition coefficient (Wildman–Crippen LogP) is 2.78. The lowest BCUT2D eigenvalue weighted by molar-refractivity contribution is 0.0947. The molecular weight excluding hydrogens is 446 g/mol. The number of amides is 1. The Balaban J connectivity index is 1.41. The van der Waals surface area contributed by atoms with E-state index in [1.165, 1.54) is 22.9 Å². The van der Waals surface area contributed by atoms with E-state index in [2.05, 4.69) is 41.2 Å². The van der Waals surface area contributed by atoms with E-state index in [-0.39, 0.29) is 11.8 Å². The summed E-state index contributed by atoms with van der Waals surface area (Å²) in [5, 5.41) is 21.3. The van der Waals surface area contributed by atoms with Gasteiger partial charge in [-0.05, 0) is 44.8 Å². The predicted molar refractivity (Wildman–Crippen MR) is 122 cm³/mol. The molecule has 0 spiro atoms. The maximum Gasteiger partial charge on any atom is 0.271 e. The van der Waals surface area contributed by atoms with Crippen molar-refractivity contribution in [1.82, 2.24) is 34.8 Å². The maximum atomic E-state index is 12.4. The van der Waals surface area contributed by atoms with Gasteiger partial charge in [-0.15, -0.1) is 16.4 Å². The van der Waals surface area contributed by atoms with Crippen LogP contribution in [0.3, 0.4) is 0 Å². The number of nitrogens with zero attached hydrogens (tertiary/aromatic N) is 7. The highest BCUT2D eigenvalue weighted by molar-refractivity contribution is 7.14. The highest BCUT2D eigenvalue weighted by Crippen LogP contribution is 2.27. The molecule has 32 heavy (non-hydrogen) atoms.